The summed E-state index contributed by atoms with van der Waals surface area (Å²) in [7, 11) is 0. The van der Waals surface area contributed by atoms with E-state index in [-0.39, 0.29) is 17.8 Å². The van der Waals surface area contributed by atoms with E-state index >= 15 is 0 Å². The number of aliphatic hydroxyl groups excluding tert-OH is 2. The summed E-state index contributed by atoms with van der Waals surface area (Å²) in [5.74, 6) is 3.02. The largest absolute Gasteiger partial charge is 0.396 e. The van der Waals surface area contributed by atoms with E-state index in [9.17, 15) is 15.0 Å². The Hall–Kier alpha value is -0.670. The van der Waals surface area contributed by atoms with Gasteiger partial charge in [-0.3, -0.25) is 4.79 Å². The van der Waals surface area contributed by atoms with E-state index in [0.717, 1.165) is 18.4 Å². The Kier molecular flexibility index (Phi) is 4.20. The quantitative estimate of drug-likeness (QED) is 0.801. The fourth-order valence-corrected chi connectivity index (χ4v) is 7.71. The molecule has 3 saturated carbocycles. The van der Waals surface area contributed by atoms with E-state index in [2.05, 4.69) is 20.8 Å². The van der Waals surface area contributed by atoms with Crippen LogP contribution >= 0.6 is 0 Å². The van der Waals surface area contributed by atoms with Crippen molar-refractivity contribution in [3.8, 4) is 0 Å². The summed E-state index contributed by atoms with van der Waals surface area (Å²) < 4.78 is 0. The first-order valence-corrected chi connectivity index (χ1v) is 10.3. The normalized spacial score (nSPS) is 50.5. The number of hydrogen-bond donors (Lipinski definition) is 2. The molecule has 0 amide bonds. The molecule has 0 saturated heterocycles. The molecule has 0 aliphatic heterocycles. The van der Waals surface area contributed by atoms with Gasteiger partial charge in [0.25, 0.3) is 0 Å². The Morgan fingerprint density at radius 1 is 1.20 bits per heavy atom. The molecule has 3 nitrogen and oxygen atoms in total. The van der Waals surface area contributed by atoms with Crippen molar-refractivity contribution in [1.82, 2.24) is 0 Å². The van der Waals surface area contributed by atoms with Gasteiger partial charge in [0, 0.05) is 13.0 Å². The van der Waals surface area contributed by atoms with Crippen molar-refractivity contribution >= 4 is 5.78 Å². The van der Waals surface area contributed by atoms with Gasteiger partial charge in [0.05, 0.1) is 6.10 Å². The molecule has 3 heteroatoms. The van der Waals surface area contributed by atoms with Crippen LogP contribution < -0.4 is 0 Å². The number of aliphatic hydroxyl groups is 2. The number of carbonyl (C=O) groups is 1. The van der Waals surface area contributed by atoms with E-state index in [1.54, 1.807) is 6.08 Å². The molecule has 2 N–H and O–H groups in total. The monoisotopic (exact) mass is 346 g/mol. The lowest BCUT2D eigenvalue weighted by molar-refractivity contribution is -0.119. The fraction of sp³-hybridized carbons (Fsp3) is 0.864. The van der Waals surface area contributed by atoms with Crippen molar-refractivity contribution < 1.29 is 15.0 Å². The molecular weight excluding hydrogens is 312 g/mol. The highest BCUT2D eigenvalue weighted by atomic mass is 16.3. The Labute approximate surface area is 151 Å². The van der Waals surface area contributed by atoms with Crippen LogP contribution in [0.15, 0.2) is 11.6 Å². The number of rotatable bonds is 2. The zero-order chi connectivity index (χ0) is 18.0. The van der Waals surface area contributed by atoms with Gasteiger partial charge in [-0.25, -0.2) is 0 Å². The van der Waals surface area contributed by atoms with Crippen molar-refractivity contribution in [1.29, 1.82) is 0 Å². The van der Waals surface area contributed by atoms with Crippen LogP contribution in [-0.4, -0.2) is 28.7 Å². The first-order chi connectivity index (χ1) is 11.8. The molecule has 0 radical (unpaired) electrons. The maximum atomic E-state index is 11.9. The standard InChI is InChI=1S/C22H34O3/c1-13(12-23)16-4-5-17-15-11-20(25)19-10-14(24)6-8-22(19,3)18(15)7-9-21(16,17)2/h10,13,15-18,20,23,25H,4-9,11-12H2,1-3H3/t13-,15+,16-,17+,18+,20+,21-,22-/m1/s1. The molecule has 0 aromatic heterocycles. The predicted octanol–water partition coefficient (Wildman–Crippen LogP) is 3.73. The average Bonchev–Trinajstić information content (AvgIpc) is 2.93. The third-order valence-corrected chi connectivity index (χ3v) is 9.02. The molecule has 4 rings (SSSR count). The van der Waals surface area contributed by atoms with Crippen LogP contribution in [0.1, 0.15) is 65.7 Å². The second kappa shape index (κ2) is 5.92. The van der Waals surface area contributed by atoms with Crippen LogP contribution in [-0.2, 0) is 4.79 Å². The molecule has 8 atom stereocenters. The SMILES string of the molecule is C[C@H](CO)[C@H]1CC[C@H]2[C@@H]3C[C@H](O)C4=CC(=O)CC[C@]4(C)[C@H]3CC[C@]12C. The minimum absolute atomic E-state index is 0.0122. The average molecular weight is 347 g/mol. The van der Waals surface area contributed by atoms with Crippen molar-refractivity contribution in [3.05, 3.63) is 11.6 Å². The van der Waals surface area contributed by atoms with Crippen LogP contribution in [0.4, 0.5) is 0 Å². The number of carbonyl (C=O) groups excluding carboxylic acids is 1. The molecule has 0 bridgehead atoms. The molecule has 3 fully saturated rings. The molecule has 0 spiro atoms. The molecule has 25 heavy (non-hydrogen) atoms. The number of ketones is 1. The van der Waals surface area contributed by atoms with Crippen molar-refractivity contribution in [2.24, 2.45) is 40.4 Å². The van der Waals surface area contributed by atoms with E-state index in [4.69, 9.17) is 0 Å². The molecule has 4 aliphatic rings. The molecule has 0 aromatic rings. The third kappa shape index (κ3) is 2.41. The van der Waals surface area contributed by atoms with Gasteiger partial charge in [0.2, 0.25) is 0 Å². The van der Waals surface area contributed by atoms with Gasteiger partial charge >= 0.3 is 0 Å². The lowest BCUT2D eigenvalue weighted by Gasteiger charge is -2.59. The minimum atomic E-state index is -0.438. The van der Waals surface area contributed by atoms with Gasteiger partial charge in [-0.15, -0.1) is 0 Å². The highest BCUT2D eigenvalue weighted by Gasteiger charge is 2.60. The summed E-state index contributed by atoms with van der Waals surface area (Å²) in [6, 6.07) is 0. The zero-order valence-electron chi connectivity index (χ0n) is 16.0. The van der Waals surface area contributed by atoms with E-state index in [1.807, 2.05) is 0 Å². The first-order valence-electron chi connectivity index (χ1n) is 10.3. The molecular formula is C22H34O3. The lowest BCUT2D eigenvalue weighted by atomic mass is 9.46. The number of hydrogen-bond acceptors (Lipinski definition) is 3. The fourth-order valence-electron chi connectivity index (χ4n) is 7.71. The van der Waals surface area contributed by atoms with Gasteiger partial charge in [-0.05, 0) is 90.6 Å². The van der Waals surface area contributed by atoms with Gasteiger partial charge < -0.3 is 10.2 Å². The van der Waals surface area contributed by atoms with Crippen molar-refractivity contribution in [2.75, 3.05) is 6.61 Å². The Morgan fingerprint density at radius 3 is 2.68 bits per heavy atom. The third-order valence-electron chi connectivity index (χ3n) is 9.02. The topological polar surface area (TPSA) is 57.5 Å². The Balaban J connectivity index is 1.67. The van der Waals surface area contributed by atoms with E-state index in [0.29, 0.717) is 41.4 Å². The Morgan fingerprint density at radius 2 is 1.96 bits per heavy atom. The summed E-state index contributed by atoms with van der Waals surface area (Å²) in [6.45, 7) is 7.27. The summed E-state index contributed by atoms with van der Waals surface area (Å²) in [4.78, 5) is 11.9. The molecule has 0 heterocycles. The van der Waals surface area contributed by atoms with E-state index in [1.165, 1.54) is 25.7 Å². The van der Waals surface area contributed by atoms with Crippen LogP contribution in [0.5, 0.6) is 0 Å². The highest BCUT2D eigenvalue weighted by Crippen LogP contribution is 2.67. The predicted molar refractivity (Wildman–Crippen MR) is 97.8 cm³/mol. The second-order valence-corrected chi connectivity index (χ2v) is 10.00. The number of fused-ring (bicyclic) bond motifs is 5. The summed E-state index contributed by atoms with van der Waals surface area (Å²) in [5, 5.41) is 20.6. The smallest absolute Gasteiger partial charge is 0.155 e. The summed E-state index contributed by atoms with van der Waals surface area (Å²) >= 11 is 0. The molecule has 0 aromatic carbocycles. The first kappa shape index (κ1) is 17.7. The van der Waals surface area contributed by atoms with Gasteiger partial charge in [0.1, 0.15) is 0 Å². The maximum Gasteiger partial charge on any atom is 0.155 e. The maximum absolute atomic E-state index is 11.9. The van der Waals surface area contributed by atoms with Gasteiger partial charge in [-0.1, -0.05) is 20.8 Å². The summed E-state index contributed by atoms with van der Waals surface area (Å²) in [5.41, 5.74) is 1.36. The van der Waals surface area contributed by atoms with Crippen LogP contribution in [0, 0.1) is 40.4 Å². The summed E-state index contributed by atoms with van der Waals surface area (Å²) in [6.07, 6.45) is 8.64. The lowest BCUT2D eigenvalue weighted by Crippen LogP contribution is -2.54. The second-order valence-electron chi connectivity index (χ2n) is 10.00. The van der Waals surface area contributed by atoms with Gasteiger partial charge in [-0.2, -0.15) is 0 Å². The van der Waals surface area contributed by atoms with Crippen LogP contribution in [0.3, 0.4) is 0 Å². The molecule has 0 unspecified atom stereocenters. The van der Waals surface area contributed by atoms with Crippen LogP contribution in [0.2, 0.25) is 0 Å². The molecule has 4 aliphatic carbocycles. The van der Waals surface area contributed by atoms with Gasteiger partial charge in [0.15, 0.2) is 5.78 Å². The minimum Gasteiger partial charge on any atom is -0.396 e. The van der Waals surface area contributed by atoms with Crippen molar-refractivity contribution in [3.63, 3.8) is 0 Å². The zero-order valence-corrected chi connectivity index (χ0v) is 16.0. The molecule has 140 valence electrons. The van der Waals surface area contributed by atoms with E-state index < -0.39 is 6.10 Å². The Bertz CT molecular complexity index is 596. The highest BCUT2D eigenvalue weighted by molar-refractivity contribution is 5.91. The van der Waals surface area contributed by atoms with Crippen LogP contribution in [0.25, 0.3) is 0 Å². The van der Waals surface area contributed by atoms with Crippen molar-refractivity contribution in [2.45, 2.75) is 71.8 Å².